The number of aromatic nitrogens is 4. The number of carbonyl (C=O) groups excluding carboxylic acids is 1. The van der Waals surface area contributed by atoms with E-state index < -0.39 is 46.9 Å². The number of hydrogen-bond donors (Lipinski definition) is 3. The first kappa shape index (κ1) is 25.6. The van der Waals surface area contributed by atoms with E-state index in [0.29, 0.717) is 18.0 Å². The van der Waals surface area contributed by atoms with Crippen molar-refractivity contribution in [2.45, 2.75) is 31.3 Å². The van der Waals surface area contributed by atoms with Gasteiger partial charge < -0.3 is 19.7 Å². The first-order valence-electron chi connectivity index (χ1n) is 10.9. The maximum Gasteiger partial charge on any atom is 0.333 e. The van der Waals surface area contributed by atoms with Crippen molar-refractivity contribution < 1.29 is 31.6 Å². The summed E-state index contributed by atoms with van der Waals surface area (Å²) in [4.78, 5) is 25.6. The number of nitrogens with zero attached hydrogens (tertiary/aromatic N) is 4. The van der Waals surface area contributed by atoms with Crippen LogP contribution in [0.3, 0.4) is 0 Å². The van der Waals surface area contributed by atoms with Crippen LogP contribution < -0.4 is 15.2 Å². The van der Waals surface area contributed by atoms with Gasteiger partial charge in [-0.05, 0) is 18.6 Å². The number of nitrogens with two attached hydrogens (primary N) is 1. The number of aliphatic hydroxyl groups is 1. The van der Waals surface area contributed by atoms with Gasteiger partial charge in [-0.1, -0.05) is 6.07 Å². The average molecular weight is 521 g/mol. The second-order valence-electron chi connectivity index (χ2n) is 8.32. The molecule has 3 heterocycles. The highest BCUT2D eigenvalue weighted by molar-refractivity contribution is 7.84. The third kappa shape index (κ3) is 6.02. The number of carbonyl (C=O) groups is 1. The summed E-state index contributed by atoms with van der Waals surface area (Å²) in [7, 11) is -2.70. The van der Waals surface area contributed by atoms with E-state index in [9.17, 15) is 22.7 Å². The number of aliphatic hydroxyl groups excluding tert-OH is 1. The summed E-state index contributed by atoms with van der Waals surface area (Å²) in [6, 6.07) is 6.08. The SMILES string of the molecule is COc1cccc(Cn2ccc(C(=O)c3cncnc3N[C@@H]3C[C@H](COS(N)(=O)=O)[C@@H](O)[C@@H]3F)c2)n1. The van der Waals surface area contributed by atoms with E-state index >= 15 is 0 Å². The number of ether oxygens (including phenoxy) is 1. The molecule has 0 aliphatic heterocycles. The van der Waals surface area contributed by atoms with Crippen LogP contribution in [0.4, 0.5) is 10.2 Å². The van der Waals surface area contributed by atoms with Gasteiger partial charge in [-0.3, -0.25) is 8.98 Å². The van der Waals surface area contributed by atoms with Gasteiger partial charge in [0, 0.05) is 36.1 Å². The van der Waals surface area contributed by atoms with Crippen molar-refractivity contribution in [3.05, 3.63) is 66.0 Å². The zero-order chi connectivity index (χ0) is 25.9. The standard InChI is InChI=1S/C22H25FN6O6S/c1-34-18-4-2-3-15(27-18)10-29-6-5-13(9-29)20(30)16-8-25-12-26-22(16)28-17-7-14(21(31)19(17)23)11-35-36(24,32)33/h2-6,8-9,12,14,17,19,21,31H,7,10-11H2,1H3,(H2,24,32,33)(H,25,26,28)/t14-,17-,19-,21-/m1/s1. The molecule has 192 valence electrons. The maximum absolute atomic E-state index is 14.8. The molecular weight excluding hydrogens is 495 g/mol. The van der Waals surface area contributed by atoms with Crippen molar-refractivity contribution in [2.75, 3.05) is 19.0 Å². The molecule has 4 atom stereocenters. The Hall–Kier alpha value is -3.46. The van der Waals surface area contributed by atoms with E-state index in [0.717, 1.165) is 5.69 Å². The monoisotopic (exact) mass is 520 g/mol. The summed E-state index contributed by atoms with van der Waals surface area (Å²) in [6.45, 7) is -0.0594. The lowest BCUT2D eigenvalue weighted by Gasteiger charge is -2.18. The van der Waals surface area contributed by atoms with Crippen molar-refractivity contribution in [1.82, 2.24) is 19.5 Å². The fourth-order valence-corrected chi connectivity index (χ4v) is 4.41. The molecule has 0 spiro atoms. The normalized spacial score (nSPS) is 21.9. The summed E-state index contributed by atoms with van der Waals surface area (Å²) in [5, 5.41) is 17.8. The summed E-state index contributed by atoms with van der Waals surface area (Å²) in [6.07, 6.45) is 2.69. The molecule has 1 fully saturated rings. The van der Waals surface area contributed by atoms with Crippen molar-refractivity contribution in [2.24, 2.45) is 11.1 Å². The quantitative estimate of drug-likeness (QED) is 0.323. The third-order valence-corrected chi connectivity index (χ3v) is 6.29. The Labute approximate surface area is 206 Å². The molecule has 3 aromatic heterocycles. The van der Waals surface area contributed by atoms with Gasteiger partial charge in [-0.15, -0.1) is 0 Å². The number of halogens is 1. The van der Waals surface area contributed by atoms with Gasteiger partial charge in [0.25, 0.3) is 0 Å². The molecular formula is C22H25FN6O6S. The Bertz CT molecular complexity index is 1340. The zero-order valence-electron chi connectivity index (χ0n) is 19.2. The maximum atomic E-state index is 14.8. The first-order chi connectivity index (χ1) is 17.1. The van der Waals surface area contributed by atoms with Crippen LogP contribution in [-0.2, 0) is 21.0 Å². The second kappa shape index (κ2) is 10.7. The number of pyridine rings is 1. The summed E-state index contributed by atoms with van der Waals surface area (Å²) >= 11 is 0. The molecule has 0 unspecified atom stereocenters. The van der Waals surface area contributed by atoms with Gasteiger partial charge in [0.1, 0.15) is 18.3 Å². The fraction of sp³-hybridized carbons (Fsp3) is 0.364. The third-order valence-electron chi connectivity index (χ3n) is 5.82. The lowest BCUT2D eigenvalue weighted by molar-refractivity contribution is 0.0501. The number of hydrogen-bond acceptors (Lipinski definition) is 10. The van der Waals surface area contributed by atoms with Crippen LogP contribution in [0.15, 0.2) is 49.2 Å². The van der Waals surface area contributed by atoms with E-state index in [1.807, 2.05) is 12.1 Å². The molecule has 1 saturated carbocycles. The van der Waals surface area contributed by atoms with Crippen LogP contribution in [0.25, 0.3) is 0 Å². The number of anilines is 1. The highest BCUT2D eigenvalue weighted by Gasteiger charge is 2.44. The number of rotatable bonds is 10. The van der Waals surface area contributed by atoms with Crippen LogP contribution in [0.5, 0.6) is 5.88 Å². The molecule has 12 nitrogen and oxygen atoms in total. The molecule has 0 bridgehead atoms. The number of alkyl halides is 1. The van der Waals surface area contributed by atoms with Crippen molar-refractivity contribution in [1.29, 1.82) is 0 Å². The molecule has 14 heteroatoms. The summed E-state index contributed by atoms with van der Waals surface area (Å²) < 4.78 is 48.3. The second-order valence-corrected chi connectivity index (χ2v) is 9.54. The molecule has 1 aliphatic carbocycles. The van der Waals surface area contributed by atoms with E-state index in [-0.39, 0.29) is 17.8 Å². The van der Waals surface area contributed by atoms with Crippen LogP contribution in [0.2, 0.25) is 0 Å². The highest BCUT2D eigenvalue weighted by atomic mass is 32.2. The molecule has 36 heavy (non-hydrogen) atoms. The number of nitrogens with one attached hydrogen (secondary N) is 1. The van der Waals surface area contributed by atoms with Gasteiger partial charge in [-0.25, -0.2) is 24.5 Å². The van der Waals surface area contributed by atoms with Crippen molar-refractivity contribution in [3.8, 4) is 5.88 Å². The summed E-state index contributed by atoms with van der Waals surface area (Å²) in [5.41, 5.74) is 1.21. The van der Waals surface area contributed by atoms with Gasteiger partial charge >= 0.3 is 10.3 Å². The van der Waals surface area contributed by atoms with Gasteiger partial charge in [0.05, 0.1) is 43.7 Å². The smallest absolute Gasteiger partial charge is 0.333 e. The molecule has 0 amide bonds. The molecule has 4 N–H and O–H groups in total. The van der Waals surface area contributed by atoms with Gasteiger partial charge in [0.15, 0.2) is 5.78 Å². The topological polar surface area (TPSA) is 172 Å². The number of methoxy groups -OCH3 is 1. The van der Waals surface area contributed by atoms with Crippen molar-refractivity contribution >= 4 is 21.9 Å². The largest absolute Gasteiger partial charge is 0.481 e. The number of ketones is 1. The van der Waals surface area contributed by atoms with Gasteiger partial charge in [-0.2, -0.15) is 8.42 Å². The average Bonchev–Trinajstić information content (AvgIpc) is 3.42. The van der Waals surface area contributed by atoms with E-state index in [1.54, 1.807) is 29.1 Å². The fourth-order valence-electron chi connectivity index (χ4n) is 4.04. The first-order valence-corrected chi connectivity index (χ1v) is 12.4. The predicted molar refractivity (Wildman–Crippen MR) is 125 cm³/mol. The Morgan fingerprint density at radius 2 is 2.17 bits per heavy atom. The highest BCUT2D eigenvalue weighted by Crippen LogP contribution is 2.32. The van der Waals surface area contributed by atoms with Gasteiger partial charge in [0.2, 0.25) is 5.88 Å². The minimum absolute atomic E-state index is 0.0272. The van der Waals surface area contributed by atoms with Crippen molar-refractivity contribution in [3.63, 3.8) is 0 Å². The zero-order valence-corrected chi connectivity index (χ0v) is 20.0. The van der Waals surface area contributed by atoms with Crippen LogP contribution in [-0.4, -0.2) is 70.9 Å². The summed E-state index contributed by atoms with van der Waals surface area (Å²) in [5.74, 6) is -0.644. The Kier molecular flexibility index (Phi) is 7.59. The Balaban J connectivity index is 1.47. The van der Waals surface area contributed by atoms with Crippen LogP contribution in [0, 0.1) is 5.92 Å². The molecule has 0 aromatic carbocycles. The molecule has 4 rings (SSSR count). The van der Waals surface area contributed by atoms with E-state index in [4.69, 9.17) is 9.88 Å². The molecule has 1 aliphatic rings. The lowest BCUT2D eigenvalue weighted by atomic mass is 10.1. The Morgan fingerprint density at radius 3 is 2.92 bits per heavy atom. The predicted octanol–water partition coefficient (Wildman–Crippen LogP) is 0.681. The van der Waals surface area contributed by atoms with E-state index in [1.165, 1.54) is 19.6 Å². The lowest BCUT2D eigenvalue weighted by Crippen LogP contribution is -2.33. The minimum Gasteiger partial charge on any atom is -0.481 e. The molecule has 0 radical (unpaired) electrons. The van der Waals surface area contributed by atoms with E-state index in [2.05, 4.69) is 24.5 Å². The minimum atomic E-state index is -4.23. The van der Waals surface area contributed by atoms with Crippen LogP contribution in [0.1, 0.15) is 28.0 Å². The Morgan fingerprint density at radius 1 is 1.36 bits per heavy atom. The molecule has 0 saturated heterocycles. The van der Waals surface area contributed by atoms with Crippen LogP contribution >= 0.6 is 0 Å². The molecule has 3 aromatic rings.